The van der Waals surface area contributed by atoms with E-state index in [0.29, 0.717) is 5.56 Å². The molecule has 6 heteroatoms. The third-order valence-corrected chi connectivity index (χ3v) is 2.69. The lowest BCUT2D eigenvalue weighted by atomic mass is 9.98. The van der Waals surface area contributed by atoms with Crippen molar-refractivity contribution in [3.05, 3.63) is 35.9 Å². The quantitative estimate of drug-likeness (QED) is 0.877. The molecule has 0 heterocycles. The first-order chi connectivity index (χ1) is 9.65. The van der Waals surface area contributed by atoms with E-state index in [-0.39, 0.29) is 6.54 Å². The monoisotopic (exact) mass is 300 g/mol. The summed E-state index contributed by atoms with van der Waals surface area (Å²) in [6.45, 7) is 4.83. The first kappa shape index (κ1) is 17.4. The molecule has 1 rings (SSSR count). The lowest BCUT2D eigenvalue weighted by molar-refractivity contribution is -0.0470. The van der Waals surface area contributed by atoms with Crippen molar-refractivity contribution in [2.45, 2.75) is 44.8 Å². The van der Waals surface area contributed by atoms with Crippen LogP contribution in [0.4, 0.5) is 13.6 Å². The molecule has 0 saturated heterocycles. The largest absolute Gasteiger partial charge is 0.444 e. The third kappa shape index (κ3) is 5.67. The molecule has 0 aliphatic carbocycles. The number of alkyl halides is 2. The molecule has 0 fully saturated rings. The lowest BCUT2D eigenvalue weighted by Crippen LogP contribution is -2.43. The van der Waals surface area contributed by atoms with Gasteiger partial charge in [0.25, 0.3) is 5.92 Å². The van der Waals surface area contributed by atoms with Gasteiger partial charge in [-0.15, -0.1) is 0 Å². The average molecular weight is 300 g/mol. The Morgan fingerprint density at radius 2 is 1.86 bits per heavy atom. The van der Waals surface area contributed by atoms with Gasteiger partial charge in [-0.2, -0.15) is 0 Å². The molecule has 21 heavy (non-hydrogen) atoms. The number of carbonyl (C=O) groups excluding carboxylic acids is 1. The molecule has 1 atom stereocenters. The third-order valence-electron chi connectivity index (χ3n) is 2.69. The Balaban J connectivity index is 2.96. The molecule has 118 valence electrons. The fourth-order valence-electron chi connectivity index (χ4n) is 1.84. The first-order valence-corrected chi connectivity index (χ1v) is 6.78. The molecule has 0 aromatic heterocycles. The molecule has 3 N–H and O–H groups in total. The number of nitrogens with one attached hydrogen (secondary N) is 1. The highest BCUT2D eigenvalue weighted by Crippen LogP contribution is 2.34. The van der Waals surface area contributed by atoms with Gasteiger partial charge in [-0.3, -0.25) is 0 Å². The molecule has 1 unspecified atom stereocenters. The molecule has 1 aromatic rings. The summed E-state index contributed by atoms with van der Waals surface area (Å²) in [5, 5.41) is 2.25. The first-order valence-electron chi connectivity index (χ1n) is 6.78. The van der Waals surface area contributed by atoms with Gasteiger partial charge in [0.2, 0.25) is 0 Å². The maximum atomic E-state index is 14.2. The van der Waals surface area contributed by atoms with Crippen LogP contribution in [0.1, 0.15) is 38.8 Å². The highest BCUT2D eigenvalue weighted by atomic mass is 19.3. The van der Waals surface area contributed by atoms with Gasteiger partial charge in [0, 0.05) is 6.42 Å². The Hall–Kier alpha value is -1.69. The number of halogens is 2. The van der Waals surface area contributed by atoms with Crippen molar-refractivity contribution in [3.63, 3.8) is 0 Å². The predicted molar refractivity (Wildman–Crippen MR) is 77.2 cm³/mol. The molecule has 4 nitrogen and oxygen atoms in total. The van der Waals surface area contributed by atoms with Crippen molar-refractivity contribution in [1.82, 2.24) is 5.32 Å². The van der Waals surface area contributed by atoms with Crippen LogP contribution in [0.5, 0.6) is 0 Å². The lowest BCUT2D eigenvalue weighted by Gasteiger charge is -2.29. The Morgan fingerprint density at radius 1 is 1.29 bits per heavy atom. The molecular formula is C15H22F2N2O2. The zero-order valence-corrected chi connectivity index (χ0v) is 12.5. The van der Waals surface area contributed by atoms with Crippen molar-refractivity contribution in [2.75, 3.05) is 6.54 Å². The van der Waals surface area contributed by atoms with Crippen LogP contribution in [-0.2, 0) is 4.74 Å². The normalized spacial score (nSPS) is 13.6. The Morgan fingerprint density at radius 3 is 2.33 bits per heavy atom. The minimum Gasteiger partial charge on any atom is -0.444 e. The van der Waals surface area contributed by atoms with Crippen molar-refractivity contribution in [2.24, 2.45) is 5.73 Å². The van der Waals surface area contributed by atoms with Gasteiger partial charge in [0.1, 0.15) is 11.6 Å². The number of rotatable bonds is 5. The molecule has 0 spiro atoms. The van der Waals surface area contributed by atoms with Crippen molar-refractivity contribution >= 4 is 6.09 Å². The maximum absolute atomic E-state index is 14.2. The van der Waals surface area contributed by atoms with Gasteiger partial charge in [-0.25, -0.2) is 13.6 Å². The van der Waals surface area contributed by atoms with Gasteiger partial charge >= 0.3 is 6.09 Å². The number of ether oxygens (including phenoxy) is 1. The number of benzene rings is 1. The maximum Gasteiger partial charge on any atom is 0.408 e. The van der Waals surface area contributed by atoms with Crippen LogP contribution in [0, 0.1) is 0 Å². The van der Waals surface area contributed by atoms with Crippen molar-refractivity contribution in [3.8, 4) is 0 Å². The SMILES string of the molecule is CC(C)(C)OC(=O)NC(c1ccccc1)C(F)(F)CCN. The summed E-state index contributed by atoms with van der Waals surface area (Å²) in [7, 11) is 0. The van der Waals surface area contributed by atoms with Crippen molar-refractivity contribution < 1.29 is 18.3 Å². The van der Waals surface area contributed by atoms with E-state index in [2.05, 4.69) is 5.32 Å². The molecule has 0 aliphatic rings. The van der Waals surface area contributed by atoms with E-state index >= 15 is 0 Å². The summed E-state index contributed by atoms with van der Waals surface area (Å²) in [6.07, 6.45) is -1.41. The fourth-order valence-corrected chi connectivity index (χ4v) is 1.84. The van der Waals surface area contributed by atoms with E-state index in [0.717, 1.165) is 0 Å². The molecular weight excluding hydrogens is 278 g/mol. The van der Waals surface area contributed by atoms with Gasteiger partial charge in [-0.1, -0.05) is 30.3 Å². The summed E-state index contributed by atoms with van der Waals surface area (Å²) >= 11 is 0. The average Bonchev–Trinajstić information content (AvgIpc) is 2.34. The topological polar surface area (TPSA) is 64.3 Å². The van der Waals surface area contributed by atoms with Gasteiger partial charge in [-0.05, 0) is 32.9 Å². The predicted octanol–water partition coefficient (Wildman–Crippen LogP) is 3.24. The summed E-state index contributed by atoms with van der Waals surface area (Å²) < 4.78 is 33.5. The minimum atomic E-state index is -3.16. The van der Waals surface area contributed by atoms with Crippen LogP contribution in [-0.4, -0.2) is 24.2 Å². The van der Waals surface area contributed by atoms with E-state index in [4.69, 9.17) is 10.5 Å². The second-order valence-corrected chi connectivity index (χ2v) is 5.79. The standard InChI is InChI=1S/C15H22F2N2O2/c1-14(2,3)21-13(20)19-12(15(16,17)9-10-18)11-7-5-4-6-8-11/h4-8,12H,9-10,18H2,1-3H3,(H,19,20). The number of nitrogens with two attached hydrogens (primary N) is 1. The van der Waals surface area contributed by atoms with E-state index in [9.17, 15) is 13.6 Å². The van der Waals surface area contributed by atoms with Crippen LogP contribution in [0.2, 0.25) is 0 Å². The van der Waals surface area contributed by atoms with Crippen LogP contribution in [0.15, 0.2) is 30.3 Å². The summed E-state index contributed by atoms with van der Waals surface area (Å²) in [5.41, 5.74) is 4.79. The summed E-state index contributed by atoms with van der Waals surface area (Å²) in [4.78, 5) is 11.8. The van der Waals surface area contributed by atoms with Gasteiger partial charge in [0.15, 0.2) is 0 Å². The van der Waals surface area contributed by atoms with Crippen molar-refractivity contribution in [1.29, 1.82) is 0 Å². The number of hydrogen-bond donors (Lipinski definition) is 2. The Bertz CT molecular complexity index is 458. The highest BCUT2D eigenvalue weighted by Gasteiger charge is 2.41. The number of carbonyl (C=O) groups is 1. The minimum absolute atomic E-state index is 0.174. The molecule has 1 amide bonds. The number of alkyl carbamates (subject to hydrolysis) is 1. The number of hydrogen-bond acceptors (Lipinski definition) is 3. The van der Waals surface area contributed by atoms with Crippen LogP contribution in [0.25, 0.3) is 0 Å². The molecule has 0 bridgehead atoms. The van der Waals surface area contributed by atoms with Crippen LogP contribution >= 0.6 is 0 Å². The van der Waals surface area contributed by atoms with Crippen LogP contribution in [0.3, 0.4) is 0 Å². The molecule has 0 saturated carbocycles. The molecule has 1 aromatic carbocycles. The van der Waals surface area contributed by atoms with E-state index in [1.807, 2.05) is 0 Å². The molecule has 0 aliphatic heterocycles. The second kappa shape index (κ2) is 6.85. The van der Waals surface area contributed by atoms with E-state index in [1.165, 1.54) is 12.1 Å². The van der Waals surface area contributed by atoms with Gasteiger partial charge < -0.3 is 15.8 Å². The number of amides is 1. The fraction of sp³-hybridized carbons (Fsp3) is 0.533. The Kier molecular flexibility index (Phi) is 5.66. The smallest absolute Gasteiger partial charge is 0.408 e. The van der Waals surface area contributed by atoms with Crippen LogP contribution < -0.4 is 11.1 Å². The van der Waals surface area contributed by atoms with Gasteiger partial charge in [0.05, 0.1) is 0 Å². The van der Waals surface area contributed by atoms with E-state index < -0.39 is 30.1 Å². The second-order valence-electron chi connectivity index (χ2n) is 5.79. The zero-order chi connectivity index (χ0) is 16.1. The Labute approximate surface area is 123 Å². The van der Waals surface area contributed by atoms with E-state index in [1.54, 1.807) is 39.0 Å². The zero-order valence-electron chi connectivity index (χ0n) is 12.5. The summed E-state index contributed by atoms with van der Waals surface area (Å²) in [5.74, 6) is -3.16. The molecule has 0 radical (unpaired) electrons. The summed E-state index contributed by atoms with van der Waals surface area (Å²) in [6, 6.07) is 6.58. The highest BCUT2D eigenvalue weighted by molar-refractivity contribution is 5.68.